The fourth-order valence-electron chi connectivity index (χ4n) is 1.94. The number of benzene rings is 1. The molecule has 0 spiro atoms. The van der Waals surface area contributed by atoms with Crippen LogP contribution in [0.2, 0.25) is 0 Å². The number of rotatable bonds is 6. The van der Waals surface area contributed by atoms with Crippen LogP contribution in [0.5, 0.6) is 5.75 Å². The van der Waals surface area contributed by atoms with E-state index in [4.69, 9.17) is 4.74 Å². The van der Waals surface area contributed by atoms with Crippen molar-refractivity contribution < 1.29 is 9.84 Å². The van der Waals surface area contributed by atoms with E-state index in [-0.39, 0.29) is 0 Å². The normalized spacial score (nSPS) is 18.8. The Balaban J connectivity index is 1.92. The highest BCUT2D eigenvalue weighted by Crippen LogP contribution is 2.21. The summed E-state index contributed by atoms with van der Waals surface area (Å²) in [5, 5.41) is 13.7. The topological polar surface area (TPSA) is 41.5 Å². The second kappa shape index (κ2) is 5.07. The summed E-state index contributed by atoms with van der Waals surface area (Å²) in [4.78, 5) is 0. The average Bonchev–Trinajstić information content (AvgIpc) is 3.10. The molecule has 2 rings (SSSR count). The Morgan fingerprint density at radius 2 is 2.24 bits per heavy atom. The molecule has 1 atom stereocenters. The molecule has 1 fully saturated rings. The molecule has 1 aromatic carbocycles. The molecule has 0 saturated heterocycles. The third-order valence-corrected chi connectivity index (χ3v) is 3.07. The van der Waals surface area contributed by atoms with Crippen LogP contribution >= 0.6 is 0 Å². The van der Waals surface area contributed by atoms with Crippen LogP contribution in [0.1, 0.15) is 25.3 Å². The van der Waals surface area contributed by atoms with E-state index in [1.807, 2.05) is 31.2 Å². The van der Waals surface area contributed by atoms with Crippen molar-refractivity contribution in [2.45, 2.75) is 37.8 Å². The van der Waals surface area contributed by atoms with Gasteiger partial charge < -0.3 is 15.2 Å². The Kier molecular flexibility index (Phi) is 3.69. The summed E-state index contributed by atoms with van der Waals surface area (Å²) in [7, 11) is 1.66. The number of hydrogen-bond acceptors (Lipinski definition) is 3. The first-order valence-corrected chi connectivity index (χ1v) is 6.18. The minimum Gasteiger partial charge on any atom is -0.497 e. The third kappa shape index (κ3) is 4.02. The summed E-state index contributed by atoms with van der Waals surface area (Å²) in [6.07, 6.45) is 3.13. The van der Waals surface area contributed by atoms with Crippen LogP contribution in [0.3, 0.4) is 0 Å². The van der Waals surface area contributed by atoms with E-state index in [0.29, 0.717) is 19.0 Å². The van der Waals surface area contributed by atoms with Crippen LogP contribution in [0.15, 0.2) is 24.3 Å². The van der Waals surface area contributed by atoms with Crippen molar-refractivity contribution in [2.75, 3.05) is 13.7 Å². The molecule has 1 aliphatic rings. The highest BCUT2D eigenvalue weighted by atomic mass is 16.5. The zero-order valence-corrected chi connectivity index (χ0v) is 10.6. The number of nitrogens with one attached hydrogen (secondary N) is 1. The molecule has 0 heterocycles. The van der Waals surface area contributed by atoms with Gasteiger partial charge in [-0.15, -0.1) is 0 Å². The highest BCUT2D eigenvalue weighted by molar-refractivity contribution is 5.29. The quantitative estimate of drug-likeness (QED) is 0.789. The maximum atomic E-state index is 10.3. The Labute approximate surface area is 103 Å². The fourth-order valence-corrected chi connectivity index (χ4v) is 1.94. The zero-order chi connectivity index (χ0) is 12.3. The maximum absolute atomic E-state index is 10.3. The van der Waals surface area contributed by atoms with Crippen LogP contribution in [-0.2, 0) is 6.42 Å². The summed E-state index contributed by atoms with van der Waals surface area (Å²) in [5.41, 5.74) is 0.404. The van der Waals surface area contributed by atoms with Crippen LogP contribution in [0, 0.1) is 0 Å². The molecular weight excluding hydrogens is 214 g/mol. The van der Waals surface area contributed by atoms with Crippen molar-refractivity contribution in [1.29, 1.82) is 0 Å². The molecule has 0 radical (unpaired) electrons. The number of aliphatic hydroxyl groups is 1. The van der Waals surface area contributed by atoms with Crippen LogP contribution in [-0.4, -0.2) is 30.4 Å². The molecule has 0 aliphatic heterocycles. The first-order valence-electron chi connectivity index (χ1n) is 6.18. The lowest BCUT2D eigenvalue weighted by Crippen LogP contribution is -2.40. The van der Waals surface area contributed by atoms with Gasteiger partial charge in [0, 0.05) is 19.0 Å². The van der Waals surface area contributed by atoms with Gasteiger partial charge in [-0.05, 0) is 37.5 Å². The van der Waals surface area contributed by atoms with Crippen molar-refractivity contribution in [3.63, 3.8) is 0 Å². The molecule has 1 saturated carbocycles. The van der Waals surface area contributed by atoms with Crippen molar-refractivity contribution >= 4 is 0 Å². The van der Waals surface area contributed by atoms with Gasteiger partial charge in [0.25, 0.3) is 0 Å². The molecule has 2 N–H and O–H groups in total. The minimum absolute atomic E-state index is 0.631. The number of methoxy groups -OCH3 is 1. The molecule has 3 nitrogen and oxygen atoms in total. The van der Waals surface area contributed by atoms with E-state index in [0.717, 1.165) is 11.3 Å². The lowest BCUT2D eigenvalue weighted by atomic mass is 9.96. The van der Waals surface area contributed by atoms with E-state index in [1.54, 1.807) is 7.11 Å². The lowest BCUT2D eigenvalue weighted by molar-refractivity contribution is 0.0597. The Morgan fingerprint density at radius 1 is 1.47 bits per heavy atom. The summed E-state index contributed by atoms with van der Waals surface area (Å²) in [6, 6.07) is 8.51. The van der Waals surface area contributed by atoms with Gasteiger partial charge in [0.2, 0.25) is 0 Å². The lowest BCUT2D eigenvalue weighted by Gasteiger charge is -2.24. The van der Waals surface area contributed by atoms with Gasteiger partial charge in [-0.2, -0.15) is 0 Å². The summed E-state index contributed by atoms with van der Waals surface area (Å²) in [5.74, 6) is 0.841. The van der Waals surface area contributed by atoms with Crippen molar-refractivity contribution in [2.24, 2.45) is 0 Å². The monoisotopic (exact) mass is 235 g/mol. The van der Waals surface area contributed by atoms with Gasteiger partial charge in [-0.1, -0.05) is 12.1 Å². The largest absolute Gasteiger partial charge is 0.497 e. The first-order chi connectivity index (χ1) is 8.09. The molecule has 3 heteroatoms. The molecule has 17 heavy (non-hydrogen) atoms. The van der Waals surface area contributed by atoms with Gasteiger partial charge in [-0.25, -0.2) is 0 Å². The van der Waals surface area contributed by atoms with Gasteiger partial charge in [-0.3, -0.25) is 0 Å². The summed E-state index contributed by atoms with van der Waals surface area (Å²) in [6.45, 7) is 2.52. The summed E-state index contributed by atoms with van der Waals surface area (Å²) >= 11 is 0. The van der Waals surface area contributed by atoms with E-state index in [1.165, 1.54) is 12.8 Å². The summed E-state index contributed by atoms with van der Waals surface area (Å²) < 4.78 is 5.18. The third-order valence-electron chi connectivity index (χ3n) is 3.07. The first kappa shape index (κ1) is 12.4. The molecule has 1 unspecified atom stereocenters. The van der Waals surface area contributed by atoms with Crippen molar-refractivity contribution in [3.05, 3.63) is 29.8 Å². The molecule has 0 aromatic heterocycles. The van der Waals surface area contributed by atoms with E-state index < -0.39 is 5.60 Å². The fraction of sp³-hybridized carbons (Fsp3) is 0.571. The van der Waals surface area contributed by atoms with Gasteiger partial charge >= 0.3 is 0 Å². The molecule has 1 aromatic rings. The second-order valence-corrected chi connectivity index (χ2v) is 5.18. The van der Waals surface area contributed by atoms with E-state index >= 15 is 0 Å². The Morgan fingerprint density at radius 3 is 2.88 bits per heavy atom. The second-order valence-electron chi connectivity index (χ2n) is 5.18. The van der Waals surface area contributed by atoms with Crippen LogP contribution in [0.25, 0.3) is 0 Å². The van der Waals surface area contributed by atoms with E-state index in [2.05, 4.69) is 5.32 Å². The predicted octanol–water partition coefficient (Wildman–Crippen LogP) is 1.74. The molecule has 1 aliphatic carbocycles. The zero-order valence-electron chi connectivity index (χ0n) is 10.6. The van der Waals surface area contributed by atoms with Crippen LogP contribution < -0.4 is 10.1 Å². The standard InChI is InChI=1S/C14H21NO2/c1-14(16,10-15-12-6-7-12)9-11-4-3-5-13(8-11)17-2/h3-5,8,12,15-16H,6-7,9-10H2,1-2H3. The highest BCUT2D eigenvalue weighted by Gasteiger charge is 2.26. The van der Waals surface area contributed by atoms with E-state index in [9.17, 15) is 5.11 Å². The number of hydrogen-bond donors (Lipinski definition) is 2. The SMILES string of the molecule is COc1cccc(CC(C)(O)CNC2CC2)c1. The predicted molar refractivity (Wildman–Crippen MR) is 68.3 cm³/mol. The maximum Gasteiger partial charge on any atom is 0.119 e. The molecule has 0 bridgehead atoms. The van der Waals surface area contributed by atoms with Gasteiger partial charge in [0.05, 0.1) is 12.7 Å². The van der Waals surface area contributed by atoms with Gasteiger partial charge in [0.1, 0.15) is 5.75 Å². The average molecular weight is 235 g/mol. The van der Waals surface area contributed by atoms with Crippen LogP contribution in [0.4, 0.5) is 0 Å². The Bertz CT molecular complexity index is 372. The van der Waals surface area contributed by atoms with Gasteiger partial charge in [0.15, 0.2) is 0 Å². The molecule has 94 valence electrons. The smallest absolute Gasteiger partial charge is 0.119 e. The Hall–Kier alpha value is -1.06. The number of ether oxygens (including phenoxy) is 1. The van der Waals surface area contributed by atoms with Crippen molar-refractivity contribution in [3.8, 4) is 5.75 Å². The molecule has 0 amide bonds. The van der Waals surface area contributed by atoms with Crippen molar-refractivity contribution in [1.82, 2.24) is 5.32 Å². The minimum atomic E-state index is -0.699. The molecular formula is C14H21NO2.